The first-order valence-corrected chi connectivity index (χ1v) is 8.61. The van der Waals surface area contributed by atoms with Crippen LogP contribution in [0.25, 0.3) is 11.4 Å². The molecule has 8 heteroatoms. The van der Waals surface area contributed by atoms with Crippen LogP contribution < -0.4 is 11.1 Å². The molecule has 0 saturated heterocycles. The maximum atomic E-state index is 12.2. The Balaban J connectivity index is 1.64. The molecule has 0 saturated carbocycles. The Morgan fingerprint density at radius 2 is 2.00 bits per heavy atom. The van der Waals surface area contributed by atoms with Crippen LogP contribution in [0.3, 0.4) is 0 Å². The zero-order chi connectivity index (χ0) is 17.8. The summed E-state index contributed by atoms with van der Waals surface area (Å²) in [6.07, 6.45) is 3.42. The second kappa shape index (κ2) is 7.35. The van der Waals surface area contributed by atoms with Gasteiger partial charge in [-0.05, 0) is 42.8 Å². The molecule has 1 amide bonds. The van der Waals surface area contributed by atoms with Gasteiger partial charge < -0.3 is 15.6 Å². The van der Waals surface area contributed by atoms with Crippen LogP contribution in [-0.4, -0.2) is 31.4 Å². The fourth-order valence-corrected chi connectivity index (χ4v) is 3.05. The van der Waals surface area contributed by atoms with Crippen LogP contribution in [0.5, 0.6) is 0 Å². The number of thioether (sulfide) groups is 1. The van der Waals surface area contributed by atoms with E-state index in [2.05, 4.69) is 20.5 Å². The highest BCUT2D eigenvalue weighted by Gasteiger charge is 2.13. The lowest BCUT2D eigenvalue weighted by atomic mass is 10.2. The third-order valence-electron chi connectivity index (χ3n) is 3.63. The Morgan fingerprint density at radius 1 is 1.24 bits per heavy atom. The molecule has 0 radical (unpaired) electrons. The zero-order valence-corrected chi connectivity index (χ0v) is 14.7. The smallest absolute Gasteiger partial charge is 0.234 e. The van der Waals surface area contributed by atoms with E-state index in [1.54, 1.807) is 24.5 Å². The van der Waals surface area contributed by atoms with E-state index >= 15 is 0 Å². The van der Waals surface area contributed by atoms with Gasteiger partial charge in [0, 0.05) is 36.4 Å². The van der Waals surface area contributed by atoms with Crippen LogP contribution in [0.15, 0.2) is 47.9 Å². The van der Waals surface area contributed by atoms with Gasteiger partial charge >= 0.3 is 0 Å². The largest absolute Gasteiger partial charge is 0.399 e. The molecule has 3 rings (SSSR count). The molecule has 0 fully saturated rings. The summed E-state index contributed by atoms with van der Waals surface area (Å²) in [6.45, 7) is 1.91. The molecule has 2 aromatic heterocycles. The highest BCUT2D eigenvalue weighted by atomic mass is 32.2. The van der Waals surface area contributed by atoms with E-state index in [9.17, 15) is 4.79 Å². The third-order valence-corrected chi connectivity index (χ3v) is 4.65. The normalized spacial score (nSPS) is 10.6. The number of nitrogen functional groups attached to an aromatic ring is 1. The van der Waals surface area contributed by atoms with Gasteiger partial charge in [-0.3, -0.25) is 9.78 Å². The van der Waals surface area contributed by atoms with Crippen LogP contribution in [0, 0.1) is 6.92 Å². The van der Waals surface area contributed by atoms with Crippen molar-refractivity contribution in [3.63, 3.8) is 0 Å². The molecule has 0 aliphatic carbocycles. The average Bonchev–Trinajstić information content (AvgIpc) is 2.97. The lowest BCUT2D eigenvalue weighted by Crippen LogP contribution is -2.15. The minimum atomic E-state index is -0.105. The summed E-state index contributed by atoms with van der Waals surface area (Å²) in [4.78, 5) is 16.2. The van der Waals surface area contributed by atoms with Crippen molar-refractivity contribution in [3.05, 3.63) is 48.3 Å². The average molecular weight is 354 g/mol. The van der Waals surface area contributed by atoms with Crippen LogP contribution in [0.4, 0.5) is 11.4 Å². The molecule has 0 aliphatic rings. The zero-order valence-electron chi connectivity index (χ0n) is 13.9. The maximum absolute atomic E-state index is 12.2. The summed E-state index contributed by atoms with van der Waals surface area (Å²) in [6, 6.07) is 9.13. The number of carbonyl (C=O) groups excluding carboxylic acids is 1. The molecule has 7 nitrogen and oxygen atoms in total. The molecular weight excluding hydrogens is 336 g/mol. The number of nitrogens with zero attached hydrogens (tertiary/aromatic N) is 4. The number of aromatic nitrogens is 4. The number of rotatable bonds is 5. The SMILES string of the molecule is Cc1cc(N)ccc1NC(=O)CSc1nnc(-c2ccncc2)n1C. The van der Waals surface area contributed by atoms with Crippen molar-refractivity contribution < 1.29 is 4.79 Å². The van der Waals surface area contributed by atoms with Crippen molar-refractivity contribution in [2.24, 2.45) is 7.05 Å². The number of nitrogens with two attached hydrogens (primary N) is 1. The monoisotopic (exact) mass is 354 g/mol. The first-order valence-electron chi connectivity index (χ1n) is 7.63. The predicted molar refractivity (Wildman–Crippen MR) is 99.2 cm³/mol. The molecule has 128 valence electrons. The van der Waals surface area contributed by atoms with E-state index in [1.165, 1.54) is 11.8 Å². The first-order chi connectivity index (χ1) is 12.0. The highest BCUT2D eigenvalue weighted by molar-refractivity contribution is 7.99. The van der Waals surface area contributed by atoms with Crippen molar-refractivity contribution in [2.75, 3.05) is 16.8 Å². The Bertz CT molecular complexity index is 893. The second-order valence-electron chi connectivity index (χ2n) is 5.51. The molecule has 3 aromatic rings. The van der Waals surface area contributed by atoms with Gasteiger partial charge in [-0.1, -0.05) is 11.8 Å². The number of benzene rings is 1. The van der Waals surface area contributed by atoms with Crippen molar-refractivity contribution >= 4 is 29.0 Å². The summed E-state index contributed by atoms with van der Waals surface area (Å²) in [5.41, 5.74) is 9.01. The Labute approximate surface area is 149 Å². The topological polar surface area (TPSA) is 98.7 Å². The molecule has 0 spiro atoms. The number of aryl methyl sites for hydroxylation is 1. The van der Waals surface area contributed by atoms with Crippen LogP contribution in [0.2, 0.25) is 0 Å². The Kier molecular flexibility index (Phi) is 4.99. The summed E-state index contributed by atoms with van der Waals surface area (Å²) < 4.78 is 1.86. The molecule has 0 aliphatic heterocycles. The molecule has 2 heterocycles. The molecule has 3 N–H and O–H groups in total. The minimum Gasteiger partial charge on any atom is -0.399 e. The molecular formula is C17H18N6OS. The molecule has 25 heavy (non-hydrogen) atoms. The van der Waals surface area contributed by atoms with Crippen molar-refractivity contribution in [2.45, 2.75) is 12.1 Å². The summed E-state index contributed by atoms with van der Waals surface area (Å²) in [7, 11) is 1.88. The van der Waals surface area contributed by atoms with Crippen LogP contribution >= 0.6 is 11.8 Å². The fraction of sp³-hybridized carbons (Fsp3) is 0.176. The van der Waals surface area contributed by atoms with Crippen LogP contribution in [-0.2, 0) is 11.8 Å². The van der Waals surface area contributed by atoms with Gasteiger partial charge in [0.25, 0.3) is 0 Å². The van der Waals surface area contributed by atoms with E-state index in [0.717, 1.165) is 22.6 Å². The van der Waals surface area contributed by atoms with Gasteiger partial charge in [0.1, 0.15) is 0 Å². The lowest BCUT2D eigenvalue weighted by molar-refractivity contribution is -0.113. The minimum absolute atomic E-state index is 0.105. The Hall–Kier alpha value is -2.87. The summed E-state index contributed by atoms with van der Waals surface area (Å²) in [5, 5.41) is 11.9. The number of hydrogen-bond acceptors (Lipinski definition) is 6. The summed E-state index contributed by atoms with van der Waals surface area (Å²) in [5.74, 6) is 0.873. The van der Waals surface area contributed by atoms with E-state index in [1.807, 2.05) is 36.7 Å². The maximum Gasteiger partial charge on any atom is 0.234 e. The van der Waals surface area contributed by atoms with Gasteiger partial charge in [-0.2, -0.15) is 0 Å². The Morgan fingerprint density at radius 3 is 2.72 bits per heavy atom. The number of amides is 1. The standard InChI is InChI=1S/C17H18N6OS/c1-11-9-13(18)3-4-14(11)20-15(24)10-25-17-22-21-16(23(17)2)12-5-7-19-8-6-12/h3-9H,10,18H2,1-2H3,(H,20,24). The summed E-state index contributed by atoms with van der Waals surface area (Å²) >= 11 is 1.34. The lowest BCUT2D eigenvalue weighted by Gasteiger charge is -2.09. The van der Waals surface area contributed by atoms with E-state index < -0.39 is 0 Å². The number of hydrogen-bond donors (Lipinski definition) is 2. The number of anilines is 2. The third kappa shape index (κ3) is 3.97. The molecule has 0 bridgehead atoms. The highest BCUT2D eigenvalue weighted by Crippen LogP contribution is 2.23. The van der Waals surface area contributed by atoms with Crippen LogP contribution in [0.1, 0.15) is 5.56 Å². The second-order valence-corrected chi connectivity index (χ2v) is 6.45. The van der Waals surface area contributed by atoms with Crippen molar-refractivity contribution in [1.29, 1.82) is 0 Å². The van der Waals surface area contributed by atoms with Gasteiger partial charge in [-0.15, -0.1) is 10.2 Å². The van der Waals surface area contributed by atoms with Crippen molar-refractivity contribution in [1.82, 2.24) is 19.7 Å². The number of pyridine rings is 1. The van der Waals surface area contributed by atoms with Gasteiger partial charge in [-0.25, -0.2) is 0 Å². The van der Waals surface area contributed by atoms with E-state index in [4.69, 9.17) is 5.73 Å². The van der Waals surface area contributed by atoms with Crippen molar-refractivity contribution in [3.8, 4) is 11.4 Å². The van der Waals surface area contributed by atoms with E-state index in [-0.39, 0.29) is 11.7 Å². The number of nitrogens with one attached hydrogen (secondary N) is 1. The molecule has 1 aromatic carbocycles. The van der Waals surface area contributed by atoms with E-state index in [0.29, 0.717) is 10.8 Å². The van der Waals surface area contributed by atoms with Gasteiger partial charge in [0.2, 0.25) is 5.91 Å². The van der Waals surface area contributed by atoms with Gasteiger partial charge in [0.15, 0.2) is 11.0 Å². The fourth-order valence-electron chi connectivity index (χ4n) is 2.34. The number of carbonyl (C=O) groups is 1. The first kappa shape index (κ1) is 17.0. The van der Waals surface area contributed by atoms with Gasteiger partial charge in [0.05, 0.1) is 5.75 Å². The predicted octanol–water partition coefficient (Wildman–Crippen LogP) is 2.50. The molecule has 0 atom stereocenters. The molecule has 0 unspecified atom stereocenters. The quantitative estimate of drug-likeness (QED) is 0.539.